The molecular weight excluding hydrogens is 376 g/mol. The highest BCUT2D eigenvalue weighted by Gasteiger charge is 2.25. The number of carbonyl (C=O) groups is 1. The molecule has 5 rings (SSSR count). The van der Waals surface area contributed by atoms with Crippen molar-refractivity contribution in [3.63, 3.8) is 0 Å². The second-order valence-corrected chi connectivity index (χ2v) is 7.44. The number of piperazine rings is 1. The molecule has 1 fully saturated rings. The number of hydrogen-bond donors (Lipinski definition) is 2. The van der Waals surface area contributed by atoms with Gasteiger partial charge in [0.15, 0.2) is 0 Å². The number of nitrogen functional groups attached to an aromatic ring is 2. The standard InChI is InChI=1S/C23H22N6O/c24-21-20-18(26-23(25)27-21)9-4-10-19(20)28-11-13-29(14-12-28)22(30)17-8-3-6-15-5-1-2-7-16(15)17/h1-10H,11-14H2,(H4,24,25,26,27). The fraction of sp³-hybridized carbons (Fsp3) is 0.174. The molecule has 7 nitrogen and oxygen atoms in total. The van der Waals surface area contributed by atoms with Crippen LogP contribution in [-0.4, -0.2) is 47.0 Å². The lowest BCUT2D eigenvalue weighted by Crippen LogP contribution is -2.48. The predicted octanol–water partition coefficient (Wildman–Crippen LogP) is 2.91. The molecule has 7 heteroatoms. The molecule has 3 aromatic carbocycles. The van der Waals surface area contributed by atoms with Crippen LogP contribution in [0.3, 0.4) is 0 Å². The molecule has 0 saturated carbocycles. The van der Waals surface area contributed by atoms with Crippen LogP contribution in [-0.2, 0) is 0 Å². The maximum Gasteiger partial charge on any atom is 0.254 e. The first-order valence-corrected chi connectivity index (χ1v) is 9.95. The quantitative estimate of drug-likeness (QED) is 0.538. The topological polar surface area (TPSA) is 101 Å². The number of aromatic nitrogens is 2. The average molecular weight is 398 g/mol. The van der Waals surface area contributed by atoms with Gasteiger partial charge in [-0.2, -0.15) is 4.98 Å². The number of anilines is 3. The van der Waals surface area contributed by atoms with Crippen LogP contribution in [0.5, 0.6) is 0 Å². The lowest BCUT2D eigenvalue weighted by molar-refractivity contribution is 0.0749. The minimum atomic E-state index is 0.0694. The molecule has 0 bridgehead atoms. The van der Waals surface area contributed by atoms with Crippen molar-refractivity contribution in [2.24, 2.45) is 0 Å². The van der Waals surface area contributed by atoms with Crippen LogP contribution in [0, 0.1) is 0 Å². The number of carbonyl (C=O) groups excluding carboxylic acids is 1. The van der Waals surface area contributed by atoms with E-state index in [1.807, 2.05) is 65.6 Å². The molecule has 0 atom stereocenters. The monoisotopic (exact) mass is 398 g/mol. The fourth-order valence-corrected chi connectivity index (χ4v) is 4.21. The van der Waals surface area contributed by atoms with Gasteiger partial charge in [0.25, 0.3) is 5.91 Å². The molecule has 1 saturated heterocycles. The highest BCUT2D eigenvalue weighted by atomic mass is 16.2. The van der Waals surface area contributed by atoms with Crippen LogP contribution in [0.2, 0.25) is 0 Å². The molecule has 0 aliphatic carbocycles. The summed E-state index contributed by atoms with van der Waals surface area (Å²) in [5.41, 5.74) is 14.3. The van der Waals surface area contributed by atoms with Gasteiger partial charge in [0.05, 0.1) is 16.6 Å². The molecule has 0 radical (unpaired) electrons. The minimum Gasteiger partial charge on any atom is -0.383 e. The molecule has 0 unspecified atom stereocenters. The molecule has 2 heterocycles. The van der Waals surface area contributed by atoms with Gasteiger partial charge < -0.3 is 21.3 Å². The van der Waals surface area contributed by atoms with Crippen LogP contribution < -0.4 is 16.4 Å². The van der Waals surface area contributed by atoms with Gasteiger partial charge in [-0.15, -0.1) is 0 Å². The van der Waals surface area contributed by atoms with E-state index in [2.05, 4.69) is 14.9 Å². The number of benzene rings is 3. The zero-order chi connectivity index (χ0) is 20.7. The van der Waals surface area contributed by atoms with Crippen molar-refractivity contribution in [1.82, 2.24) is 14.9 Å². The zero-order valence-electron chi connectivity index (χ0n) is 16.5. The Morgan fingerprint density at radius 1 is 0.833 bits per heavy atom. The summed E-state index contributed by atoms with van der Waals surface area (Å²) in [6.45, 7) is 2.68. The molecule has 1 aliphatic rings. The third-order valence-corrected chi connectivity index (χ3v) is 5.67. The van der Waals surface area contributed by atoms with Gasteiger partial charge in [-0.1, -0.05) is 42.5 Å². The van der Waals surface area contributed by atoms with E-state index < -0.39 is 0 Å². The molecule has 30 heavy (non-hydrogen) atoms. The van der Waals surface area contributed by atoms with E-state index in [4.69, 9.17) is 11.5 Å². The number of hydrogen-bond acceptors (Lipinski definition) is 6. The fourth-order valence-electron chi connectivity index (χ4n) is 4.21. The van der Waals surface area contributed by atoms with Gasteiger partial charge in [-0.3, -0.25) is 4.79 Å². The number of fused-ring (bicyclic) bond motifs is 2. The highest BCUT2D eigenvalue weighted by Crippen LogP contribution is 2.31. The summed E-state index contributed by atoms with van der Waals surface area (Å²) in [6, 6.07) is 19.7. The van der Waals surface area contributed by atoms with Gasteiger partial charge in [-0.05, 0) is 29.0 Å². The third-order valence-electron chi connectivity index (χ3n) is 5.67. The van der Waals surface area contributed by atoms with Crippen LogP contribution in [0.1, 0.15) is 10.4 Å². The lowest BCUT2D eigenvalue weighted by atomic mass is 10.0. The Bertz CT molecular complexity index is 1260. The zero-order valence-corrected chi connectivity index (χ0v) is 16.5. The minimum absolute atomic E-state index is 0.0694. The first kappa shape index (κ1) is 18.2. The number of nitrogens with two attached hydrogens (primary N) is 2. The van der Waals surface area contributed by atoms with Crippen molar-refractivity contribution in [3.8, 4) is 0 Å². The Balaban J connectivity index is 1.39. The summed E-state index contributed by atoms with van der Waals surface area (Å²) in [4.78, 5) is 25.8. The van der Waals surface area contributed by atoms with Crippen molar-refractivity contribution in [3.05, 3.63) is 66.2 Å². The largest absolute Gasteiger partial charge is 0.383 e. The SMILES string of the molecule is Nc1nc(N)c2c(N3CCN(C(=O)c4cccc5ccccc45)CC3)cccc2n1. The normalized spacial score (nSPS) is 14.4. The van der Waals surface area contributed by atoms with Crippen molar-refractivity contribution < 1.29 is 4.79 Å². The van der Waals surface area contributed by atoms with E-state index in [1.165, 1.54) is 0 Å². The van der Waals surface area contributed by atoms with E-state index in [1.54, 1.807) is 0 Å². The van der Waals surface area contributed by atoms with Crippen molar-refractivity contribution >= 4 is 45.0 Å². The number of rotatable bonds is 2. The smallest absolute Gasteiger partial charge is 0.254 e. The summed E-state index contributed by atoms with van der Waals surface area (Å²) >= 11 is 0. The molecule has 1 aliphatic heterocycles. The van der Waals surface area contributed by atoms with Gasteiger partial charge in [0.2, 0.25) is 5.95 Å². The Morgan fingerprint density at radius 3 is 2.40 bits per heavy atom. The van der Waals surface area contributed by atoms with E-state index in [-0.39, 0.29) is 11.9 Å². The summed E-state index contributed by atoms with van der Waals surface area (Å²) < 4.78 is 0. The Morgan fingerprint density at radius 2 is 1.57 bits per heavy atom. The summed E-state index contributed by atoms with van der Waals surface area (Å²) in [5.74, 6) is 0.616. The Hall–Kier alpha value is -3.87. The van der Waals surface area contributed by atoms with Gasteiger partial charge in [0.1, 0.15) is 5.82 Å². The molecule has 1 aromatic heterocycles. The van der Waals surface area contributed by atoms with Crippen molar-refractivity contribution in [2.45, 2.75) is 0 Å². The predicted molar refractivity (Wildman–Crippen MR) is 120 cm³/mol. The lowest BCUT2D eigenvalue weighted by Gasteiger charge is -2.36. The van der Waals surface area contributed by atoms with Crippen molar-refractivity contribution in [1.29, 1.82) is 0 Å². The van der Waals surface area contributed by atoms with Crippen LogP contribution >= 0.6 is 0 Å². The summed E-state index contributed by atoms with van der Waals surface area (Å²) in [7, 11) is 0. The summed E-state index contributed by atoms with van der Waals surface area (Å²) in [5, 5.41) is 2.87. The number of amides is 1. The summed E-state index contributed by atoms with van der Waals surface area (Å²) in [6.07, 6.45) is 0. The van der Waals surface area contributed by atoms with Gasteiger partial charge in [-0.25, -0.2) is 4.98 Å². The molecular formula is C23H22N6O. The Labute approximate surface area is 173 Å². The maximum atomic E-state index is 13.2. The second-order valence-electron chi connectivity index (χ2n) is 7.44. The molecule has 4 aromatic rings. The first-order chi connectivity index (χ1) is 14.6. The van der Waals surface area contributed by atoms with E-state index in [0.717, 1.165) is 32.9 Å². The average Bonchev–Trinajstić information content (AvgIpc) is 2.77. The van der Waals surface area contributed by atoms with Crippen LogP contribution in [0.4, 0.5) is 17.5 Å². The molecule has 4 N–H and O–H groups in total. The molecule has 0 spiro atoms. The second kappa shape index (κ2) is 7.18. The molecule has 1 amide bonds. The van der Waals surface area contributed by atoms with Gasteiger partial charge in [0, 0.05) is 31.7 Å². The number of nitrogens with zero attached hydrogens (tertiary/aromatic N) is 4. The first-order valence-electron chi connectivity index (χ1n) is 9.95. The van der Waals surface area contributed by atoms with Crippen LogP contribution in [0.25, 0.3) is 21.7 Å². The third kappa shape index (κ3) is 3.04. The molecule has 150 valence electrons. The van der Waals surface area contributed by atoms with E-state index in [0.29, 0.717) is 32.0 Å². The highest BCUT2D eigenvalue weighted by molar-refractivity contribution is 6.07. The van der Waals surface area contributed by atoms with E-state index >= 15 is 0 Å². The maximum absolute atomic E-state index is 13.2. The van der Waals surface area contributed by atoms with Crippen molar-refractivity contribution in [2.75, 3.05) is 42.5 Å². The van der Waals surface area contributed by atoms with E-state index in [9.17, 15) is 4.79 Å². The van der Waals surface area contributed by atoms with Crippen LogP contribution in [0.15, 0.2) is 60.7 Å². The Kier molecular flexibility index (Phi) is 4.35. The van der Waals surface area contributed by atoms with Gasteiger partial charge >= 0.3 is 0 Å².